The third-order valence-corrected chi connectivity index (χ3v) is 2.67. The summed E-state index contributed by atoms with van der Waals surface area (Å²) >= 11 is 5.98. The highest BCUT2D eigenvalue weighted by Crippen LogP contribution is 2.29. The zero-order valence-corrected chi connectivity index (χ0v) is 10.5. The molecule has 0 aliphatic carbocycles. The van der Waals surface area contributed by atoms with E-state index < -0.39 is 0 Å². The van der Waals surface area contributed by atoms with Crippen molar-refractivity contribution >= 4 is 17.6 Å². The van der Waals surface area contributed by atoms with Gasteiger partial charge in [-0.3, -0.25) is 4.79 Å². The van der Waals surface area contributed by atoms with Crippen LogP contribution in [0.3, 0.4) is 0 Å². The van der Waals surface area contributed by atoms with E-state index in [2.05, 4.69) is 18.8 Å². The number of nitrogens with zero attached hydrogens (tertiary/aromatic N) is 1. The van der Waals surface area contributed by atoms with Crippen molar-refractivity contribution in [1.82, 2.24) is 4.98 Å². The Morgan fingerprint density at radius 2 is 2.25 bits per heavy atom. The number of methoxy groups -OCH3 is 1. The Hall–Kier alpha value is -1.09. The molecule has 0 bridgehead atoms. The van der Waals surface area contributed by atoms with E-state index in [1.54, 1.807) is 12.3 Å². The number of carbonyl (C=O) groups excluding carboxylic acids is 1. The minimum Gasteiger partial charge on any atom is -0.469 e. The van der Waals surface area contributed by atoms with E-state index in [1.807, 2.05) is 6.07 Å². The summed E-state index contributed by atoms with van der Waals surface area (Å²) in [6, 6.07) is 3.59. The lowest BCUT2D eigenvalue weighted by Crippen LogP contribution is -2.17. The van der Waals surface area contributed by atoms with Gasteiger partial charge in [-0.15, -0.1) is 0 Å². The molecule has 0 amide bonds. The molecule has 0 aliphatic heterocycles. The quantitative estimate of drug-likeness (QED) is 0.601. The van der Waals surface area contributed by atoms with Crippen LogP contribution in [0.5, 0.6) is 0 Å². The van der Waals surface area contributed by atoms with Gasteiger partial charge in [0.2, 0.25) is 0 Å². The molecule has 0 spiro atoms. The maximum atomic E-state index is 11.7. The van der Waals surface area contributed by atoms with E-state index in [1.165, 1.54) is 7.11 Å². The zero-order valence-electron chi connectivity index (χ0n) is 9.74. The van der Waals surface area contributed by atoms with Crippen LogP contribution >= 0.6 is 11.6 Å². The summed E-state index contributed by atoms with van der Waals surface area (Å²) in [5.41, 5.74) is 0.740. The van der Waals surface area contributed by atoms with Crippen molar-refractivity contribution in [2.45, 2.75) is 26.2 Å². The largest absolute Gasteiger partial charge is 0.469 e. The number of aromatic nitrogens is 1. The maximum Gasteiger partial charge on any atom is 0.313 e. The van der Waals surface area contributed by atoms with Gasteiger partial charge in [-0.05, 0) is 18.4 Å². The second-order valence-corrected chi connectivity index (χ2v) is 4.45. The highest BCUT2D eigenvalue weighted by atomic mass is 35.5. The summed E-state index contributed by atoms with van der Waals surface area (Å²) < 4.78 is 4.80. The fourth-order valence-electron chi connectivity index (χ4n) is 1.62. The number of halogens is 1. The van der Waals surface area contributed by atoms with E-state index >= 15 is 0 Å². The number of carbonyl (C=O) groups is 1. The molecule has 0 saturated heterocycles. The average Bonchev–Trinajstić information content (AvgIpc) is 2.26. The van der Waals surface area contributed by atoms with Gasteiger partial charge in [0.05, 0.1) is 13.0 Å². The molecule has 4 heteroatoms. The second kappa shape index (κ2) is 5.85. The number of hydrogen-bond donors (Lipinski definition) is 0. The lowest BCUT2D eigenvalue weighted by molar-refractivity contribution is -0.142. The fourth-order valence-corrected chi connectivity index (χ4v) is 1.87. The molecule has 3 nitrogen and oxygen atoms in total. The Balaban J connectivity index is 3.01. The van der Waals surface area contributed by atoms with E-state index in [-0.39, 0.29) is 11.9 Å². The molecule has 1 aromatic heterocycles. The smallest absolute Gasteiger partial charge is 0.313 e. The van der Waals surface area contributed by atoms with Gasteiger partial charge < -0.3 is 4.74 Å². The molecule has 0 N–H and O–H groups in total. The number of pyridine rings is 1. The molecule has 1 atom stereocenters. The Morgan fingerprint density at radius 1 is 1.56 bits per heavy atom. The molecule has 16 heavy (non-hydrogen) atoms. The second-order valence-electron chi connectivity index (χ2n) is 4.09. The van der Waals surface area contributed by atoms with Crippen molar-refractivity contribution in [3.8, 4) is 0 Å². The van der Waals surface area contributed by atoms with Crippen molar-refractivity contribution < 1.29 is 9.53 Å². The topological polar surface area (TPSA) is 39.2 Å². The number of hydrogen-bond acceptors (Lipinski definition) is 3. The molecular formula is C12H16ClNO2. The summed E-state index contributed by atoms with van der Waals surface area (Å²) in [6.45, 7) is 4.11. The minimum atomic E-state index is -0.328. The highest BCUT2D eigenvalue weighted by Gasteiger charge is 2.24. The minimum absolute atomic E-state index is 0.261. The fraction of sp³-hybridized carbons (Fsp3) is 0.500. The van der Waals surface area contributed by atoms with Crippen molar-refractivity contribution in [2.75, 3.05) is 7.11 Å². The van der Waals surface area contributed by atoms with Gasteiger partial charge in [-0.1, -0.05) is 31.5 Å². The van der Waals surface area contributed by atoms with E-state index in [0.717, 1.165) is 5.56 Å². The Labute approximate surface area is 101 Å². The molecule has 1 rings (SSSR count). The summed E-state index contributed by atoms with van der Waals surface area (Å²) in [5.74, 6) is -0.199. The molecule has 0 aliphatic rings. The SMILES string of the molecule is COC(=O)C(CC(C)C)c1cccnc1Cl. The standard InChI is InChI=1S/C12H16ClNO2/c1-8(2)7-10(12(15)16-3)9-5-4-6-14-11(9)13/h4-6,8,10H,7H2,1-3H3. The highest BCUT2D eigenvalue weighted by molar-refractivity contribution is 6.30. The van der Waals surface area contributed by atoms with Gasteiger partial charge in [0, 0.05) is 11.8 Å². The van der Waals surface area contributed by atoms with Crippen molar-refractivity contribution in [2.24, 2.45) is 5.92 Å². The van der Waals surface area contributed by atoms with Gasteiger partial charge >= 0.3 is 5.97 Å². The van der Waals surface area contributed by atoms with Gasteiger partial charge in [-0.25, -0.2) is 4.98 Å². The number of esters is 1. The van der Waals surface area contributed by atoms with E-state index in [4.69, 9.17) is 16.3 Å². The maximum absolute atomic E-state index is 11.7. The number of rotatable bonds is 4. The van der Waals surface area contributed by atoms with Crippen molar-refractivity contribution in [1.29, 1.82) is 0 Å². The molecule has 0 fully saturated rings. The van der Waals surface area contributed by atoms with E-state index in [9.17, 15) is 4.79 Å². The Bertz CT molecular complexity index is 366. The van der Waals surface area contributed by atoms with Gasteiger partial charge in [-0.2, -0.15) is 0 Å². The van der Waals surface area contributed by atoms with E-state index in [0.29, 0.717) is 17.5 Å². The third kappa shape index (κ3) is 3.20. The number of ether oxygens (including phenoxy) is 1. The normalized spacial score (nSPS) is 12.6. The van der Waals surface area contributed by atoms with Crippen LogP contribution in [0.15, 0.2) is 18.3 Å². The Morgan fingerprint density at radius 3 is 2.75 bits per heavy atom. The first kappa shape index (κ1) is 13.0. The van der Waals surface area contributed by atoms with Crippen molar-refractivity contribution in [3.63, 3.8) is 0 Å². The first-order valence-electron chi connectivity index (χ1n) is 5.24. The van der Waals surface area contributed by atoms with Crippen molar-refractivity contribution in [3.05, 3.63) is 29.0 Å². The van der Waals surface area contributed by atoms with Crippen LogP contribution < -0.4 is 0 Å². The molecule has 1 aromatic rings. The van der Waals surface area contributed by atoms with Crippen LogP contribution in [0.25, 0.3) is 0 Å². The lowest BCUT2D eigenvalue weighted by atomic mass is 9.91. The molecule has 1 heterocycles. The van der Waals surface area contributed by atoms with Crippen LogP contribution in [-0.2, 0) is 9.53 Å². The molecule has 88 valence electrons. The molecular weight excluding hydrogens is 226 g/mol. The molecule has 0 saturated carbocycles. The van der Waals surface area contributed by atoms with Crippen LogP contribution in [0, 0.1) is 5.92 Å². The lowest BCUT2D eigenvalue weighted by Gasteiger charge is -2.17. The average molecular weight is 242 g/mol. The monoisotopic (exact) mass is 241 g/mol. The summed E-state index contributed by atoms with van der Waals surface area (Å²) in [5, 5.41) is 0.374. The molecule has 0 radical (unpaired) electrons. The van der Waals surface area contributed by atoms with Crippen LogP contribution in [0.1, 0.15) is 31.7 Å². The predicted molar refractivity (Wildman–Crippen MR) is 63.5 cm³/mol. The summed E-state index contributed by atoms with van der Waals surface area (Å²) in [6.07, 6.45) is 2.31. The first-order chi connectivity index (χ1) is 7.56. The Kier molecular flexibility index (Phi) is 4.74. The molecule has 1 unspecified atom stereocenters. The van der Waals surface area contributed by atoms with Crippen LogP contribution in [-0.4, -0.2) is 18.1 Å². The first-order valence-corrected chi connectivity index (χ1v) is 5.62. The van der Waals surface area contributed by atoms with Crippen LogP contribution in [0.2, 0.25) is 5.15 Å². The molecule has 0 aromatic carbocycles. The van der Waals surface area contributed by atoms with Gasteiger partial charge in [0.15, 0.2) is 0 Å². The van der Waals surface area contributed by atoms with Crippen LogP contribution in [0.4, 0.5) is 0 Å². The zero-order chi connectivity index (χ0) is 12.1. The predicted octanol–water partition coefficient (Wildman–Crippen LogP) is 3.04. The summed E-state index contributed by atoms with van der Waals surface area (Å²) in [4.78, 5) is 15.7. The van der Waals surface area contributed by atoms with Gasteiger partial charge in [0.25, 0.3) is 0 Å². The third-order valence-electron chi connectivity index (χ3n) is 2.36. The summed E-state index contributed by atoms with van der Waals surface area (Å²) in [7, 11) is 1.39. The van der Waals surface area contributed by atoms with Gasteiger partial charge in [0.1, 0.15) is 5.15 Å².